The lowest BCUT2D eigenvalue weighted by Crippen LogP contribution is -1.99. The van der Waals surface area contributed by atoms with E-state index >= 15 is 0 Å². The molecule has 0 radical (unpaired) electrons. The first-order valence-corrected chi connectivity index (χ1v) is 13.1. The van der Waals surface area contributed by atoms with Crippen LogP contribution in [0.1, 0.15) is 11.1 Å². The zero-order valence-corrected chi connectivity index (χ0v) is 21.9. The number of nitrogens with zero attached hydrogens (tertiary/aromatic N) is 6. The first-order chi connectivity index (χ1) is 20.6. The van der Waals surface area contributed by atoms with Crippen LogP contribution >= 0.6 is 0 Å². The third-order valence-corrected chi connectivity index (χ3v) is 7.82. The lowest BCUT2D eigenvalue weighted by molar-refractivity contribution is 1.37. The molecule has 0 spiro atoms. The summed E-state index contributed by atoms with van der Waals surface area (Å²) in [5.41, 5.74) is 5.01. The van der Waals surface area contributed by atoms with Crippen molar-refractivity contribution in [3.05, 3.63) is 119 Å². The molecule has 0 atom stereocenters. The van der Waals surface area contributed by atoms with Crippen molar-refractivity contribution in [3.8, 4) is 46.8 Å². The van der Waals surface area contributed by atoms with Gasteiger partial charge in [0.15, 0.2) is 0 Å². The highest BCUT2D eigenvalue weighted by Gasteiger charge is 2.16. The van der Waals surface area contributed by atoms with Gasteiger partial charge in [-0.2, -0.15) is 31.0 Å². The van der Waals surface area contributed by atoms with E-state index in [2.05, 4.69) is 22.1 Å². The maximum Gasteiger partial charge on any atom is 0.206 e. The van der Waals surface area contributed by atoms with Gasteiger partial charge in [0.2, 0.25) is 12.4 Å². The molecule has 0 aromatic heterocycles. The summed E-state index contributed by atoms with van der Waals surface area (Å²) >= 11 is 0. The Morgan fingerprint density at radius 1 is 0.357 bits per heavy atom. The molecular formula is C36H16N6. The van der Waals surface area contributed by atoms with Gasteiger partial charge >= 0.3 is 0 Å². The van der Waals surface area contributed by atoms with Crippen molar-refractivity contribution in [2.24, 2.45) is 9.98 Å². The summed E-state index contributed by atoms with van der Waals surface area (Å²) in [4.78, 5) is 8.49. The number of fused-ring (bicyclic) bond motifs is 6. The molecule has 0 heterocycles. The summed E-state index contributed by atoms with van der Waals surface area (Å²) in [6.07, 6.45) is 3.96. The first kappa shape index (κ1) is 24.4. The molecule has 42 heavy (non-hydrogen) atoms. The predicted molar refractivity (Wildman–Crippen MR) is 161 cm³/mol. The fraction of sp³-hybridized carbons (Fsp3) is 0. The number of hydrogen-bond acceptors (Lipinski definition) is 6. The molecule has 6 heteroatoms. The van der Waals surface area contributed by atoms with E-state index in [1.165, 1.54) is 0 Å². The van der Waals surface area contributed by atoms with Gasteiger partial charge in [0.25, 0.3) is 0 Å². The summed E-state index contributed by atoms with van der Waals surface area (Å²) in [6, 6.07) is 35.3. The largest absolute Gasteiger partial charge is 0.206 e. The Kier molecular flexibility index (Phi) is 5.56. The van der Waals surface area contributed by atoms with E-state index in [0.717, 1.165) is 65.3 Å². The van der Waals surface area contributed by atoms with Crippen molar-refractivity contribution in [1.29, 1.82) is 21.0 Å². The van der Waals surface area contributed by atoms with E-state index in [1.807, 2.05) is 85.2 Å². The highest BCUT2D eigenvalue weighted by molar-refractivity contribution is 6.21. The van der Waals surface area contributed by atoms with Gasteiger partial charge in [0.1, 0.15) is 0 Å². The quantitative estimate of drug-likeness (QED) is 0.222. The molecular weight excluding hydrogens is 516 g/mol. The van der Waals surface area contributed by atoms with Crippen LogP contribution in [0, 0.1) is 45.6 Å². The molecule has 0 bridgehead atoms. The van der Waals surface area contributed by atoms with Crippen molar-refractivity contribution < 1.29 is 0 Å². The second-order valence-corrected chi connectivity index (χ2v) is 9.96. The molecule has 0 saturated carbocycles. The molecule has 0 saturated heterocycles. The van der Waals surface area contributed by atoms with Gasteiger partial charge in [-0.1, -0.05) is 48.5 Å². The van der Waals surface area contributed by atoms with Gasteiger partial charge in [0.05, 0.1) is 34.0 Å². The highest BCUT2D eigenvalue weighted by Crippen LogP contribution is 2.35. The Bertz CT molecular complexity index is 2350. The smallest absolute Gasteiger partial charge is 0.192 e. The van der Waals surface area contributed by atoms with Gasteiger partial charge in [-0.15, -0.1) is 0 Å². The van der Waals surface area contributed by atoms with E-state index in [9.17, 15) is 10.5 Å². The zero-order valence-electron chi connectivity index (χ0n) is 21.9. The minimum absolute atomic E-state index is 0.590. The van der Waals surface area contributed by atoms with Gasteiger partial charge in [-0.3, -0.25) is 0 Å². The van der Waals surface area contributed by atoms with Crippen molar-refractivity contribution >= 4 is 43.1 Å². The lowest BCUT2D eigenvalue weighted by Gasteiger charge is -2.02. The van der Waals surface area contributed by atoms with E-state index in [-0.39, 0.29) is 0 Å². The average Bonchev–Trinajstić information content (AvgIpc) is 3.51. The molecule has 7 rings (SSSR count). The van der Waals surface area contributed by atoms with Crippen molar-refractivity contribution in [3.63, 3.8) is 0 Å². The van der Waals surface area contributed by atoms with Crippen LogP contribution in [-0.2, 0) is 0 Å². The van der Waals surface area contributed by atoms with Crippen LogP contribution in [0.15, 0.2) is 107 Å². The monoisotopic (exact) mass is 532 g/mol. The minimum Gasteiger partial charge on any atom is -0.192 e. The molecule has 0 amide bonds. The molecule has 7 aromatic carbocycles. The standard InChI is InChI=1S/C36H16N6/c37-17-21-1-5-23(6-2-21)25-9-11-27-29-15-34-30(16-33(29)35(41-19-39)31(27)13-25)28-12-10-26(14-32(28)36(34)42-20-40)24-7-3-22(18-38)4-8-24/h1-16H. The highest BCUT2D eigenvalue weighted by atomic mass is 14.7. The molecule has 0 aliphatic rings. The fourth-order valence-corrected chi connectivity index (χ4v) is 5.85. The summed E-state index contributed by atoms with van der Waals surface area (Å²) in [5.74, 6) is 0. The predicted octanol–water partition coefficient (Wildman–Crippen LogP) is 7.02. The normalized spacial score (nSPS) is 12.0. The Labute approximate surface area is 239 Å². The Morgan fingerprint density at radius 2 is 0.714 bits per heavy atom. The number of hydrogen-bond donors (Lipinski definition) is 0. The molecule has 0 fully saturated rings. The lowest BCUT2D eigenvalue weighted by atomic mass is 10.0. The van der Waals surface area contributed by atoms with Crippen molar-refractivity contribution in [2.45, 2.75) is 0 Å². The third-order valence-electron chi connectivity index (χ3n) is 7.82. The van der Waals surface area contributed by atoms with Crippen molar-refractivity contribution in [1.82, 2.24) is 0 Å². The molecule has 190 valence electrons. The average molecular weight is 533 g/mol. The maximum absolute atomic E-state index is 9.62. The SMILES string of the molecule is N#CN=c1c2cc(-c3ccc(C#N)cc3)ccc2c2cc3c(=NC#N)c4cc(-c5ccc(C#N)cc5)ccc4c3cc12. The topological polar surface area (TPSA) is 120 Å². The van der Waals surface area contributed by atoms with Gasteiger partial charge in [-0.25, -0.2) is 0 Å². The van der Waals surface area contributed by atoms with E-state index in [1.54, 1.807) is 24.3 Å². The summed E-state index contributed by atoms with van der Waals surface area (Å²) in [5, 5.41) is 45.9. The van der Waals surface area contributed by atoms with Crippen LogP contribution in [0.25, 0.3) is 65.3 Å². The van der Waals surface area contributed by atoms with Crippen LogP contribution in [0.4, 0.5) is 0 Å². The third kappa shape index (κ3) is 3.70. The molecule has 0 N–H and O–H groups in total. The fourth-order valence-electron chi connectivity index (χ4n) is 5.85. The van der Waals surface area contributed by atoms with Crippen LogP contribution in [0.3, 0.4) is 0 Å². The summed E-state index contributed by atoms with van der Waals surface area (Å²) < 4.78 is 0. The number of nitriles is 4. The zero-order chi connectivity index (χ0) is 28.8. The molecule has 7 aromatic rings. The Morgan fingerprint density at radius 3 is 1.07 bits per heavy atom. The van der Waals surface area contributed by atoms with Gasteiger partial charge < -0.3 is 0 Å². The van der Waals surface area contributed by atoms with Crippen molar-refractivity contribution in [2.75, 3.05) is 0 Å². The molecule has 0 aliphatic heterocycles. The van der Waals surface area contributed by atoms with E-state index < -0.39 is 0 Å². The molecule has 6 nitrogen and oxygen atoms in total. The second kappa shape index (κ2) is 9.55. The number of benzene rings is 5. The van der Waals surface area contributed by atoms with Crippen LogP contribution in [0.5, 0.6) is 0 Å². The molecule has 0 unspecified atom stereocenters. The Hall–Kier alpha value is -6.60. The van der Waals surface area contributed by atoms with Crippen LogP contribution in [-0.4, -0.2) is 0 Å². The van der Waals surface area contributed by atoms with E-state index in [4.69, 9.17) is 10.5 Å². The first-order valence-electron chi connectivity index (χ1n) is 13.1. The minimum atomic E-state index is 0.590. The van der Waals surface area contributed by atoms with Gasteiger partial charge in [0, 0.05) is 21.5 Å². The second-order valence-electron chi connectivity index (χ2n) is 9.96. The maximum atomic E-state index is 9.62. The van der Waals surface area contributed by atoms with Crippen LogP contribution in [0.2, 0.25) is 0 Å². The Balaban J connectivity index is 1.51. The number of rotatable bonds is 2. The van der Waals surface area contributed by atoms with Gasteiger partial charge in [-0.05, 0) is 92.3 Å². The van der Waals surface area contributed by atoms with Crippen LogP contribution < -0.4 is 10.7 Å². The van der Waals surface area contributed by atoms with E-state index in [0.29, 0.717) is 21.8 Å². The summed E-state index contributed by atoms with van der Waals surface area (Å²) in [7, 11) is 0. The summed E-state index contributed by atoms with van der Waals surface area (Å²) in [6.45, 7) is 0. The molecule has 0 aliphatic carbocycles.